The van der Waals surface area contributed by atoms with E-state index in [1.807, 2.05) is 54.6 Å². The molecule has 1 amide bonds. The first-order chi connectivity index (χ1) is 16.4. The first-order valence-electron chi connectivity index (χ1n) is 10.1. The number of carbonyl (C=O) groups excluding carboxylic acids is 1. The molecule has 1 aromatic heterocycles. The molecule has 168 valence electrons. The maximum absolute atomic E-state index is 12.7. The van der Waals surface area contributed by atoms with Crippen molar-refractivity contribution in [1.82, 2.24) is 4.98 Å². The van der Waals surface area contributed by atoms with Crippen LogP contribution in [0.5, 0.6) is 5.75 Å². The van der Waals surface area contributed by atoms with Gasteiger partial charge >= 0.3 is 0 Å². The van der Waals surface area contributed by atoms with Crippen LogP contribution in [0.3, 0.4) is 0 Å². The molecule has 0 unspecified atom stereocenters. The minimum absolute atomic E-state index is 0.0527. The van der Waals surface area contributed by atoms with Crippen molar-refractivity contribution in [2.45, 2.75) is 6.61 Å². The van der Waals surface area contributed by atoms with E-state index in [2.05, 4.69) is 10.3 Å². The summed E-state index contributed by atoms with van der Waals surface area (Å²) >= 11 is 5.81. The number of H-pyrrole nitrogens is 1. The number of nitrogens with zero attached hydrogens (tertiary/aromatic N) is 2. The van der Waals surface area contributed by atoms with Gasteiger partial charge in [0.1, 0.15) is 29.0 Å². The molecular formula is C25H17ClN4O4. The van der Waals surface area contributed by atoms with E-state index in [0.717, 1.165) is 22.5 Å². The smallest absolute Gasteiger partial charge is 0.289 e. The van der Waals surface area contributed by atoms with Gasteiger partial charge in [0.15, 0.2) is 0 Å². The van der Waals surface area contributed by atoms with Crippen molar-refractivity contribution >= 4 is 45.9 Å². The number of aromatic amines is 1. The molecule has 0 radical (unpaired) electrons. The Morgan fingerprint density at radius 1 is 1.18 bits per heavy atom. The third kappa shape index (κ3) is 5.06. The number of nitro benzene ring substituents is 1. The van der Waals surface area contributed by atoms with E-state index in [0.29, 0.717) is 17.9 Å². The van der Waals surface area contributed by atoms with Crippen LogP contribution in [0.2, 0.25) is 5.02 Å². The number of fused-ring (bicyclic) bond motifs is 1. The number of nitro groups is 1. The summed E-state index contributed by atoms with van der Waals surface area (Å²) in [5.41, 5.74) is 2.09. The molecule has 9 heteroatoms. The Bertz CT molecular complexity index is 1460. The first kappa shape index (κ1) is 22.6. The normalized spacial score (nSPS) is 11.1. The molecule has 4 aromatic rings. The molecule has 0 fully saturated rings. The predicted octanol–water partition coefficient (Wildman–Crippen LogP) is 5.85. The van der Waals surface area contributed by atoms with Gasteiger partial charge in [0.05, 0.1) is 4.92 Å². The number of benzene rings is 3. The Morgan fingerprint density at radius 3 is 2.71 bits per heavy atom. The number of nitrogens with one attached hydrogen (secondary N) is 2. The molecule has 4 rings (SSSR count). The van der Waals surface area contributed by atoms with Crippen LogP contribution in [-0.2, 0) is 11.4 Å². The zero-order valence-electron chi connectivity index (χ0n) is 17.6. The number of hydrogen-bond acceptors (Lipinski definition) is 5. The van der Waals surface area contributed by atoms with Crippen LogP contribution >= 0.6 is 11.6 Å². The lowest BCUT2D eigenvalue weighted by Crippen LogP contribution is -2.13. The van der Waals surface area contributed by atoms with Crippen LogP contribution in [0.25, 0.3) is 17.0 Å². The van der Waals surface area contributed by atoms with Crippen LogP contribution in [0.15, 0.2) is 78.5 Å². The van der Waals surface area contributed by atoms with Crippen LogP contribution in [0.4, 0.5) is 11.4 Å². The van der Waals surface area contributed by atoms with Gasteiger partial charge in [-0.3, -0.25) is 14.9 Å². The van der Waals surface area contributed by atoms with E-state index in [1.54, 1.807) is 6.20 Å². The zero-order chi connectivity index (χ0) is 24.1. The van der Waals surface area contributed by atoms with Crippen LogP contribution in [-0.4, -0.2) is 15.8 Å². The van der Waals surface area contributed by atoms with Crippen molar-refractivity contribution < 1.29 is 14.5 Å². The number of hydrogen-bond donors (Lipinski definition) is 2. The van der Waals surface area contributed by atoms with Gasteiger partial charge in [-0.05, 0) is 42.0 Å². The Morgan fingerprint density at radius 2 is 1.97 bits per heavy atom. The summed E-state index contributed by atoms with van der Waals surface area (Å²) < 4.78 is 5.88. The lowest BCUT2D eigenvalue weighted by atomic mass is 10.1. The van der Waals surface area contributed by atoms with Crippen molar-refractivity contribution in [2.75, 3.05) is 5.32 Å². The molecule has 0 aliphatic rings. The summed E-state index contributed by atoms with van der Waals surface area (Å²) in [6.45, 7) is 0.404. The number of ether oxygens (including phenoxy) is 1. The van der Waals surface area contributed by atoms with Gasteiger partial charge in [-0.1, -0.05) is 41.9 Å². The molecule has 3 aromatic carbocycles. The second kappa shape index (κ2) is 9.90. The number of carbonyl (C=O) groups is 1. The molecule has 0 aliphatic heterocycles. The summed E-state index contributed by atoms with van der Waals surface area (Å²) in [5, 5.41) is 23.8. The second-order valence-electron chi connectivity index (χ2n) is 7.27. The fourth-order valence-electron chi connectivity index (χ4n) is 3.30. The SMILES string of the molecule is N#C/C(=C\c1c[nH]c2ccc(OCc3ccccc3)cc12)C(=O)Nc1ccc(Cl)c([N+](=O)[O-])c1. The number of anilines is 1. The van der Waals surface area contributed by atoms with Gasteiger partial charge in [0, 0.05) is 34.4 Å². The summed E-state index contributed by atoms with van der Waals surface area (Å²) in [6.07, 6.45) is 3.13. The third-order valence-electron chi connectivity index (χ3n) is 5.00. The molecular weight excluding hydrogens is 456 g/mol. The van der Waals surface area contributed by atoms with E-state index in [-0.39, 0.29) is 22.0 Å². The van der Waals surface area contributed by atoms with E-state index >= 15 is 0 Å². The largest absolute Gasteiger partial charge is 0.489 e. The highest BCUT2D eigenvalue weighted by atomic mass is 35.5. The molecule has 0 saturated carbocycles. The number of halogens is 1. The highest BCUT2D eigenvalue weighted by molar-refractivity contribution is 6.32. The van der Waals surface area contributed by atoms with Crippen molar-refractivity contribution in [2.24, 2.45) is 0 Å². The topological polar surface area (TPSA) is 121 Å². The van der Waals surface area contributed by atoms with Gasteiger partial charge in [-0.2, -0.15) is 5.26 Å². The summed E-state index contributed by atoms with van der Waals surface area (Å²) in [4.78, 5) is 26.2. The maximum atomic E-state index is 12.7. The Labute approximate surface area is 199 Å². The molecule has 0 saturated heterocycles. The van der Waals surface area contributed by atoms with E-state index in [9.17, 15) is 20.2 Å². The number of amides is 1. The minimum Gasteiger partial charge on any atom is -0.489 e. The van der Waals surface area contributed by atoms with Crippen LogP contribution in [0, 0.1) is 21.4 Å². The molecule has 0 aliphatic carbocycles. The number of rotatable bonds is 7. The second-order valence-corrected chi connectivity index (χ2v) is 7.68. The quantitative estimate of drug-likeness (QED) is 0.151. The third-order valence-corrected chi connectivity index (χ3v) is 5.32. The fourth-order valence-corrected chi connectivity index (χ4v) is 3.49. The fraction of sp³-hybridized carbons (Fsp3) is 0.0400. The van der Waals surface area contributed by atoms with Crippen LogP contribution < -0.4 is 10.1 Å². The first-order valence-corrected chi connectivity index (χ1v) is 10.5. The summed E-state index contributed by atoms with van der Waals surface area (Å²) in [5.74, 6) is -0.0630. The van der Waals surface area contributed by atoms with Gasteiger partial charge in [-0.25, -0.2) is 0 Å². The standard InChI is InChI=1S/C25H17ClN4O4/c26-22-8-6-19(11-24(22)30(32)33)29-25(31)17(13-27)10-18-14-28-23-9-7-20(12-21(18)23)34-15-16-4-2-1-3-5-16/h1-12,14,28H,15H2,(H,29,31)/b17-10+. The van der Waals surface area contributed by atoms with Crippen molar-refractivity contribution in [3.63, 3.8) is 0 Å². The molecule has 8 nitrogen and oxygen atoms in total. The van der Waals surface area contributed by atoms with Crippen molar-refractivity contribution in [1.29, 1.82) is 5.26 Å². The summed E-state index contributed by atoms with van der Waals surface area (Å²) in [7, 11) is 0. The van der Waals surface area contributed by atoms with Crippen molar-refractivity contribution in [3.8, 4) is 11.8 Å². The monoisotopic (exact) mass is 472 g/mol. The van der Waals surface area contributed by atoms with E-state index in [1.165, 1.54) is 18.2 Å². The number of nitriles is 1. The highest BCUT2D eigenvalue weighted by Gasteiger charge is 2.16. The van der Waals surface area contributed by atoms with Gasteiger partial charge < -0.3 is 15.0 Å². The minimum atomic E-state index is -0.704. The average molecular weight is 473 g/mol. The van der Waals surface area contributed by atoms with E-state index in [4.69, 9.17) is 16.3 Å². The average Bonchev–Trinajstić information content (AvgIpc) is 3.24. The molecule has 0 bridgehead atoms. The number of aromatic nitrogens is 1. The maximum Gasteiger partial charge on any atom is 0.289 e. The Balaban J connectivity index is 1.56. The van der Waals surface area contributed by atoms with Crippen LogP contribution in [0.1, 0.15) is 11.1 Å². The van der Waals surface area contributed by atoms with E-state index < -0.39 is 10.8 Å². The van der Waals surface area contributed by atoms with Crippen molar-refractivity contribution in [3.05, 3.63) is 105 Å². The zero-order valence-corrected chi connectivity index (χ0v) is 18.4. The lowest BCUT2D eigenvalue weighted by Gasteiger charge is -2.07. The highest BCUT2D eigenvalue weighted by Crippen LogP contribution is 2.28. The molecule has 2 N–H and O–H groups in total. The molecule has 0 atom stereocenters. The van der Waals surface area contributed by atoms with Gasteiger partial charge in [0.2, 0.25) is 0 Å². The predicted molar refractivity (Wildman–Crippen MR) is 129 cm³/mol. The van der Waals surface area contributed by atoms with Gasteiger partial charge in [0.25, 0.3) is 11.6 Å². The molecule has 34 heavy (non-hydrogen) atoms. The Hall–Kier alpha value is -4.61. The van der Waals surface area contributed by atoms with Gasteiger partial charge in [-0.15, -0.1) is 0 Å². The Kier molecular flexibility index (Phi) is 6.57. The molecule has 0 spiro atoms. The summed E-state index contributed by atoms with van der Waals surface area (Å²) in [6, 6.07) is 21.0. The molecule has 1 heterocycles. The lowest BCUT2D eigenvalue weighted by molar-refractivity contribution is -0.384.